The Kier molecular flexibility index (Phi) is 7.48. The van der Waals surface area contributed by atoms with Crippen molar-refractivity contribution in [3.8, 4) is 0 Å². The van der Waals surface area contributed by atoms with Crippen molar-refractivity contribution in [3.05, 3.63) is 35.9 Å². The Bertz CT molecular complexity index is 1330. The van der Waals surface area contributed by atoms with Gasteiger partial charge in [0.25, 0.3) is 0 Å². The Morgan fingerprint density at radius 2 is 1.71 bits per heavy atom. The summed E-state index contributed by atoms with van der Waals surface area (Å²) in [5.41, 5.74) is -3.74. The van der Waals surface area contributed by atoms with Crippen molar-refractivity contribution in [2.24, 2.45) is 34.5 Å². The van der Waals surface area contributed by atoms with Gasteiger partial charge in [0.1, 0.15) is 17.3 Å². The monoisotopic (exact) mass is 629 g/mol. The molecule has 5 saturated carbocycles. The van der Waals surface area contributed by atoms with Crippen LogP contribution in [0.2, 0.25) is 0 Å². The summed E-state index contributed by atoms with van der Waals surface area (Å²) in [6.45, 7) is 5.08. The van der Waals surface area contributed by atoms with Crippen molar-refractivity contribution < 1.29 is 48.2 Å². The van der Waals surface area contributed by atoms with Crippen LogP contribution in [0.3, 0.4) is 0 Å². The molecule has 1 spiro atoms. The minimum absolute atomic E-state index is 0.163. The van der Waals surface area contributed by atoms with Gasteiger partial charge in [-0.2, -0.15) is 0 Å². The molecule has 1 saturated heterocycles. The highest BCUT2D eigenvalue weighted by atomic mass is 16.6. The first-order valence-electron chi connectivity index (χ1n) is 16.2. The number of esters is 2. The van der Waals surface area contributed by atoms with Gasteiger partial charge in [-0.15, -0.1) is 0 Å². The normalized spacial score (nSPS) is 49.1. The van der Waals surface area contributed by atoms with E-state index < -0.39 is 76.3 Å². The molecule has 2 N–H and O–H groups in total. The zero-order chi connectivity index (χ0) is 32.1. The molecular formula is C34H47NO10. The molecule has 0 aromatic heterocycles. The van der Waals surface area contributed by atoms with E-state index in [2.05, 4.69) is 11.8 Å². The minimum Gasteiger partial charge on any atom is -0.458 e. The van der Waals surface area contributed by atoms with Crippen LogP contribution in [0.15, 0.2) is 30.3 Å². The first kappa shape index (κ1) is 31.5. The fourth-order valence-electron chi connectivity index (χ4n) is 12.2. The van der Waals surface area contributed by atoms with Gasteiger partial charge < -0.3 is 38.6 Å². The Balaban J connectivity index is 1.50. The summed E-state index contributed by atoms with van der Waals surface area (Å²) in [6.07, 6.45) is -2.55. The molecule has 7 rings (SSSR count). The number of aliphatic hydroxyl groups is 2. The number of aliphatic hydroxyl groups excluding tert-OH is 1. The topological polar surface area (TPSA) is 133 Å². The highest BCUT2D eigenvalue weighted by Gasteiger charge is 2.90. The van der Waals surface area contributed by atoms with E-state index in [-0.39, 0.29) is 30.7 Å². The van der Waals surface area contributed by atoms with E-state index in [9.17, 15) is 19.8 Å². The zero-order valence-corrected chi connectivity index (χ0v) is 27.0. The third-order valence-corrected chi connectivity index (χ3v) is 13.1. The van der Waals surface area contributed by atoms with Gasteiger partial charge in [-0.1, -0.05) is 25.1 Å². The molecule has 11 heteroatoms. The van der Waals surface area contributed by atoms with E-state index >= 15 is 0 Å². The van der Waals surface area contributed by atoms with E-state index in [1.165, 1.54) is 6.92 Å². The summed E-state index contributed by atoms with van der Waals surface area (Å²) in [5.74, 6) is -2.55. The number of piperidine rings is 1. The van der Waals surface area contributed by atoms with Crippen LogP contribution >= 0.6 is 0 Å². The largest absolute Gasteiger partial charge is 0.458 e. The van der Waals surface area contributed by atoms with Gasteiger partial charge in [0.05, 0.1) is 36.6 Å². The van der Waals surface area contributed by atoms with Crippen molar-refractivity contribution in [1.82, 2.24) is 4.90 Å². The summed E-state index contributed by atoms with van der Waals surface area (Å²) >= 11 is 0. The van der Waals surface area contributed by atoms with Crippen LogP contribution in [0.5, 0.6) is 0 Å². The molecule has 11 nitrogen and oxygen atoms in total. The number of methoxy groups -OCH3 is 4. The summed E-state index contributed by atoms with van der Waals surface area (Å²) in [4.78, 5) is 29.3. The van der Waals surface area contributed by atoms with Crippen LogP contribution < -0.4 is 0 Å². The number of carbonyl (C=O) groups excluding carboxylic acids is 2. The quantitative estimate of drug-likeness (QED) is 0.387. The summed E-state index contributed by atoms with van der Waals surface area (Å²) in [6, 6.07) is 8.56. The fraction of sp³-hybridized carbons (Fsp3) is 0.765. The average molecular weight is 630 g/mol. The molecule has 4 unspecified atom stereocenters. The first-order valence-corrected chi connectivity index (χ1v) is 16.2. The third-order valence-electron chi connectivity index (χ3n) is 13.1. The predicted octanol–water partition coefficient (Wildman–Crippen LogP) is 1.68. The highest BCUT2D eigenvalue weighted by Crippen LogP contribution is 2.80. The van der Waals surface area contributed by atoms with Gasteiger partial charge in [-0.3, -0.25) is 9.69 Å². The van der Waals surface area contributed by atoms with Gasteiger partial charge in [-0.25, -0.2) is 4.79 Å². The lowest BCUT2D eigenvalue weighted by molar-refractivity contribution is -0.300. The number of hydrogen-bond acceptors (Lipinski definition) is 11. The molecule has 1 aromatic carbocycles. The molecule has 7 bridgehead atoms. The molecule has 248 valence electrons. The van der Waals surface area contributed by atoms with E-state index in [0.29, 0.717) is 31.7 Å². The van der Waals surface area contributed by atoms with Gasteiger partial charge in [0.15, 0.2) is 0 Å². The fourth-order valence-corrected chi connectivity index (χ4v) is 12.2. The number of hydrogen-bond donors (Lipinski definition) is 2. The molecule has 6 fully saturated rings. The molecular weight excluding hydrogens is 582 g/mol. The van der Waals surface area contributed by atoms with Crippen molar-refractivity contribution in [2.75, 3.05) is 48.1 Å². The standard InChI is InChI=1S/C34H47NO10/c1-7-35-16-31(17-40-3)21(37)13-22(41-4)34-20-14-32(39)23(42-5)15-33(45-18(2)36,25(28(34)35)26(43-6)27(31)34)24(20)29(32)44-30(38)19-11-9-8-10-12-19/h8-12,20-29,37,39H,7,13-17H2,1-6H3/t20-,21-,22+,23+,24-,25?,26+,27-,28?,29?,31+,32+,33-,34?/m1/s1. The number of fused-ring (bicyclic) bond motifs is 2. The number of carbonyl (C=O) groups is 2. The molecule has 1 aliphatic heterocycles. The van der Waals surface area contributed by atoms with Crippen molar-refractivity contribution in [1.29, 1.82) is 0 Å². The highest BCUT2D eigenvalue weighted by molar-refractivity contribution is 5.89. The average Bonchev–Trinajstić information content (AvgIpc) is 3.40. The summed E-state index contributed by atoms with van der Waals surface area (Å²) in [5, 5.41) is 24.8. The molecule has 6 aliphatic rings. The number of rotatable bonds is 9. The number of ether oxygens (including phenoxy) is 6. The second-order valence-corrected chi connectivity index (χ2v) is 14.4. The summed E-state index contributed by atoms with van der Waals surface area (Å²) < 4.78 is 37.9. The Hall–Kier alpha value is -2.12. The van der Waals surface area contributed by atoms with Gasteiger partial charge in [0, 0.05) is 89.4 Å². The van der Waals surface area contributed by atoms with E-state index in [4.69, 9.17) is 28.4 Å². The first-order chi connectivity index (χ1) is 21.5. The van der Waals surface area contributed by atoms with E-state index in [0.717, 1.165) is 0 Å². The van der Waals surface area contributed by atoms with Crippen LogP contribution in [0, 0.1) is 34.5 Å². The Morgan fingerprint density at radius 1 is 1.00 bits per heavy atom. The van der Waals surface area contributed by atoms with Gasteiger partial charge in [-0.05, 0) is 31.0 Å². The Labute approximate surface area is 264 Å². The van der Waals surface area contributed by atoms with Crippen molar-refractivity contribution in [2.45, 2.75) is 80.9 Å². The minimum atomic E-state index is -1.55. The molecule has 5 aliphatic carbocycles. The molecule has 1 heterocycles. The second-order valence-electron chi connectivity index (χ2n) is 14.4. The van der Waals surface area contributed by atoms with Gasteiger partial charge >= 0.3 is 11.9 Å². The van der Waals surface area contributed by atoms with E-state index in [1.807, 2.05) is 6.07 Å². The molecule has 1 aromatic rings. The van der Waals surface area contributed by atoms with Crippen molar-refractivity contribution >= 4 is 11.9 Å². The van der Waals surface area contributed by atoms with E-state index in [1.54, 1.807) is 52.7 Å². The van der Waals surface area contributed by atoms with Crippen LogP contribution in [0.4, 0.5) is 0 Å². The number of likely N-dealkylation sites (tertiary alicyclic amines) is 1. The van der Waals surface area contributed by atoms with Crippen LogP contribution in [-0.4, -0.2) is 123 Å². The van der Waals surface area contributed by atoms with Gasteiger partial charge in [0.2, 0.25) is 0 Å². The van der Waals surface area contributed by atoms with Crippen LogP contribution in [0.25, 0.3) is 0 Å². The molecule has 14 atom stereocenters. The van der Waals surface area contributed by atoms with Crippen molar-refractivity contribution in [3.63, 3.8) is 0 Å². The Morgan fingerprint density at radius 3 is 2.31 bits per heavy atom. The molecule has 0 amide bonds. The predicted molar refractivity (Wildman–Crippen MR) is 159 cm³/mol. The SMILES string of the molecule is CCN1C[C@]2(COC)[C@H](O)C[C@H](OC)C34C1C([C@H](OC)[C@@H]32)[C@@]1(OC(C)=O)C[C@H](OC)[C@@]2(O)C[C@@H]4[C@@H]1C2OC(=O)c1ccccc1. The molecule has 0 radical (unpaired) electrons. The smallest absolute Gasteiger partial charge is 0.338 e. The third kappa shape index (κ3) is 3.72. The second kappa shape index (κ2) is 10.7. The van der Waals surface area contributed by atoms with Crippen LogP contribution in [-0.2, 0) is 33.2 Å². The summed E-state index contributed by atoms with van der Waals surface area (Å²) in [7, 11) is 6.58. The maximum Gasteiger partial charge on any atom is 0.338 e. The number of nitrogens with zero attached hydrogens (tertiary/aromatic N) is 1. The molecule has 45 heavy (non-hydrogen) atoms. The number of benzene rings is 1. The lowest BCUT2D eigenvalue weighted by Gasteiger charge is -2.70. The lowest BCUT2D eigenvalue weighted by atomic mass is 9.42. The zero-order valence-electron chi connectivity index (χ0n) is 27.0. The lowest BCUT2D eigenvalue weighted by Crippen LogP contribution is -2.79. The maximum absolute atomic E-state index is 13.7. The maximum atomic E-state index is 13.7. The van der Waals surface area contributed by atoms with Crippen LogP contribution in [0.1, 0.15) is 43.5 Å².